The van der Waals surface area contributed by atoms with Gasteiger partial charge in [0.15, 0.2) is 5.43 Å². The Balaban J connectivity index is 2.24. The summed E-state index contributed by atoms with van der Waals surface area (Å²) in [6.07, 6.45) is 0.498. The van der Waals surface area contributed by atoms with Gasteiger partial charge >= 0.3 is 0 Å². The highest BCUT2D eigenvalue weighted by atomic mass is 35.5. The first-order valence-electron chi connectivity index (χ1n) is 8.02. The van der Waals surface area contributed by atoms with E-state index in [-0.39, 0.29) is 17.4 Å². The molecule has 0 aliphatic rings. The van der Waals surface area contributed by atoms with Crippen molar-refractivity contribution >= 4 is 22.6 Å². The molecule has 2 aromatic carbocycles. The van der Waals surface area contributed by atoms with Gasteiger partial charge in [0.2, 0.25) is 0 Å². The molecule has 0 spiro atoms. The van der Waals surface area contributed by atoms with Gasteiger partial charge in [0, 0.05) is 23.1 Å². The summed E-state index contributed by atoms with van der Waals surface area (Å²) < 4.78 is 6.04. The number of hydrogen-bond acceptors (Lipinski definition) is 3. The summed E-state index contributed by atoms with van der Waals surface area (Å²) in [4.78, 5) is 13.0. The van der Waals surface area contributed by atoms with Crippen LogP contribution in [0, 0.1) is 5.92 Å². The summed E-state index contributed by atoms with van der Waals surface area (Å²) in [5.74, 6) is 0.702. The fraction of sp³-hybridized carbons (Fsp3) is 0.250. The molecular formula is C20H20ClNO2. The number of fused-ring (bicyclic) bond motifs is 1. The van der Waals surface area contributed by atoms with Crippen LogP contribution in [0.1, 0.15) is 36.8 Å². The van der Waals surface area contributed by atoms with Gasteiger partial charge in [-0.25, -0.2) is 0 Å². The van der Waals surface area contributed by atoms with Gasteiger partial charge in [0.05, 0.1) is 11.4 Å². The minimum atomic E-state index is -0.347. The standard InChI is InChI=1S/C20H20ClNO2/c1-12(2)18(22)20-16(10-13-6-4-3-5-7-13)19(23)15-9-8-14(21)11-17(15)24-20/h3-9,11-12,18H,10,22H2,1-2H3/t18-/m1/s1. The van der Waals surface area contributed by atoms with Gasteiger partial charge in [-0.3, -0.25) is 4.79 Å². The van der Waals surface area contributed by atoms with Crippen LogP contribution in [-0.2, 0) is 6.42 Å². The van der Waals surface area contributed by atoms with Crippen molar-refractivity contribution in [3.8, 4) is 0 Å². The van der Waals surface area contributed by atoms with Gasteiger partial charge in [0.25, 0.3) is 0 Å². The molecular weight excluding hydrogens is 322 g/mol. The highest BCUT2D eigenvalue weighted by Crippen LogP contribution is 2.27. The molecule has 1 heterocycles. The summed E-state index contributed by atoms with van der Waals surface area (Å²) in [5, 5.41) is 1.07. The van der Waals surface area contributed by atoms with Crippen LogP contribution < -0.4 is 11.2 Å². The third-order valence-corrected chi connectivity index (χ3v) is 4.46. The van der Waals surface area contributed by atoms with Crippen LogP contribution >= 0.6 is 11.6 Å². The zero-order valence-electron chi connectivity index (χ0n) is 13.8. The Kier molecular flexibility index (Phi) is 4.74. The molecule has 3 nitrogen and oxygen atoms in total. The van der Waals surface area contributed by atoms with E-state index >= 15 is 0 Å². The molecule has 0 saturated carbocycles. The van der Waals surface area contributed by atoms with E-state index in [1.54, 1.807) is 18.2 Å². The van der Waals surface area contributed by atoms with Crippen molar-refractivity contribution in [1.82, 2.24) is 0 Å². The van der Waals surface area contributed by atoms with Crippen molar-refractivity contribution in [3.05, 3.63) is 80.7 Å². The normalized spacial score (nSPS) is 12.7. The topological polar surface area (TPSA) is 56.2 Å². The molecule has 0 bridgehead atoms. The van der Waals surface area contributed by atoms with E-state index in [9.17, 15) is 4.79 Å². The maximum atomic E-state index is 13.0. The third kappa shape index (κ3) is 3.23. The van der Waals surface area contributed by atoms with E-state index in [4.69, 9.17) is 21.8 Å². The lowest BCUT2D eigenvalue weighted by Gasteiger charge is -2.19. The van der Waals surface area contributed by atoms with E-state index in [2.05, 4.69) is 0 Å². The van der Waals surface area contributed by atoms with Gasteiger partial charge in [-0.1, -0.05) is 55.8 Å². The summed E-state index contributed by atoms with van der Waals surface area (Å²) in [5.41, 5.74) is 8.44. The molecule has 0 fully saturated rings. The smallest absolute Gasteiger partial charge is 0.196 e. The fourth-order valence-electron chi connectivity index (χ4n) is 2.76. The lowest BCUT2D eigenvalue weighted by atomic mass is 9.94. The zero-order valence-corrected chi connectivity index (χ0v) is 14.5. The highest BCUT2D eigenvalue weighted by molar-refractivity contribution is 6.31. The number of benzene rings is 2. The van der Waals surface area contributed by atoms with Crippen molar-refractivity contribution in [3.63, 3.8) is 0 Å². The van der Waals surface area contributed by atoms with Crippen molar-refractivity contribution < 1.29 is 4.42 Å². The van der Waals surface area contributed by atoms with Crippen LogP contribution in [-0.4, -0.2) is 0 Å². The highest BCUT2D eigenvalue weighted by Gasteiger charge is 2.22. The van der Waals surface area contributed by atoms with Crippen molar-refractivity contribution in [2.45, 2.75) is 26.3 Å². The van der Waals surface area contributed by atoms with E-state index in [1.165, 1.54) is 0 Å². The SMILES string of the molecule is CC(C)[C@@H](N)c1oc2cc(Cl)ccc2c(=O)c1Cc1ccccc1. The van der Waals surface area contributed by atoms with Crippen LogP contribution in [0.25, 0.3) is 11.0 Å². The molecule has 1 atom stereocenters. The molecule has 0 aliphatic carbocycles. The monoisotopic (exact) mass is 341 g/mol. The minimum Gasteiger partial charge on any atom is -0.459 e. The Morgan fingerprint density at radius 2 is 1.83 bits per heavy atom. The molecule has 0 radical (unpaired) electrons. The number of rotatable bonds is 4. The largest absolute Gasteiger partial charge is 0.459 e. The van der Waals surface area contributed by atoms with Crippen molar-refractivity contribution in [1.29, 1.82) is 0 Å². The Morgan fingerprint density at radius 3 is 2.50 bits per heavy atom. The fourth-order valence-corrected chi connectivity index (χ4v) is 2.92. The van der Waals surface area contributed by atoms with Gasteiger partial charge in [0.1, 0.15) is 11.3 Å². The molecule has 4 heteroatoms. The molecule has 0 amide bonds. The van der Waals surface area contributed by atoms with E-state index in [0.717, 1.165) is 5.56 Å². The van der Waals surface area contributed by atoms with Crippen LogP contribution in [0.15, 0.2) is 57.7 Å². The maximum absolute atomic E-state index is 13.0. The van der Waals surface area contributed by atoms with Gasteiger partial charge < -0.3 is 10.2 Å². The van der Waals surface area contributed by atoms with Crippen LogP contribution in [0.2, 0.25) is 5.02 Å². The Bertz CT molecular complexity index is 916. The Labute approximate surface area is 146 Å². The second-order valence-corrected chi connectivity index (χ2v) is 6.78. The van der Waals surface area contributed by atoms with Crippen molar-refractivity contribution in [2.75, 3.05) is 0 Å². The van der Waals surface area contributed by atoms with Crippen molar-refractivity contribution in [2.24, 2.45) is 11.7 Å². The predicted octanol–water partition coefficient (Wildman–Crippen LogP) is 4.69. The molecule has 1 aromatic heterocycles. The minimum absolute atomic E-state index is 0.0390. The molecule has 0 saturated heterocycles. The van der Waals surface area contributed by atoms with Gasteiger partial charge in [-0.05, 0) is 23.6 Å². The quantitative estimate of drug-likeness (QED) is 0.748. The molecule has 3 rings (SSSR count). The Morgan fingerprint density at radius 1 is 1.12 bits per heavy atom. The summed E-state index contributed by atoms with van der Waals surface area (Å²) in [6, 6.07) is 14.6. The molecule has 2 N–H and O–H groups in total. The zero-order chi connectivity index (χ0) is 17.3. The first-order chi connectivity index (χ1) is 11.5. The number of hydrogen-bond donors (Lipinski definition) is 1. The molecule has 0 unspecified atom stereocenters. The lowest BCUT2D eigenvalue weighted by molar-refractivity contribution is 0.406. The first-order valence-corrected chi connectivity index (χ1v) is 8.40. The molecule has 3 aromatic rings. The predicted molar refractivity (Wildman–Crippen MR) is 98.5 cm³/mol. The van der Waals surface area contributed by atoms with Crippen LogP contribution in [0.4, 0.5) is 0 Å². The van der Waals surface area contributed by atoms with E-state index < -0.39 is 0 Å². The third-order valence-electron chi connectivity index (χ3n) is 4.22. The summed E-state index contributed by atoms with van der Waals surface area (Å²) in [6.45, 7) is 4.03. The van der Waals surface area contributed by atoms with Crippen LogP contribution in [0.5, 0.6) is 0 Å². The first kappa shape index (κ1) is 16.7. The number of halogens is 1. The van der Waals surface area contributed by atoms with Gasteiger partial charge in [-0.2, -0.15) is 0 Å². The van der Waals surface area contributed by atoms with E-state index in [0.29, 0.717) is 33.7 Å². The Hall–Kier alpha value is -2.10. The molecule has 0 aliphatic heterocycles. The summed E-state index contributed by atoms with van der Waals surface area (Å²) in [7, 11) is 0. The number of nitrogens with two attached hydrogens (primary N) is 1. The molecule has 124 valence electrons. The summed E-state index contributed by atoms with van der Waals surface area (Å²) >= 11 is 6.04. The second-order valence-electron chi connectivity index (χ2n) is 6.35. The van der Waals surface area contributed by atoms with Gasteiger partial charge in [-0.15, -0.1) is 0 Å². The average Bonchev–Trinajstić information content (AvgIpc) is 2.57. The van der Waals surface area contributed by atoms with Crippen LogP contribution in [0.3, 0.4) is 0 Å². The second kappa shape index (κ2) is 6.80. The maximum Gasteiger partial charge on any atom is 0.196 e. The molecule has 24 heavy (non-hydrogen) atoms. The average molecular weight is 342 g/mol. The van der Waals surface area contributed by atoms with E-state index in [1.807, 2.05) is 44.2 Å². The lowest BCUT2D eigenvalue weighted by Crippen LogP contribution is -2.23.